The molecule has 0 heterocycles. The molecule has 4 nitrogen and oxygen atoms in total. The summed E-state index contributed by atoms with van der Waals surface area (Å²) in [5.74, 6) is -1.10. The maximum Gasteiger partial charge on any atom is 1.00 e. The Morgan fingerprint density at radius 1 is 1.07 bits per heavy atom. The summed E-state index contributed by atoms with van der Waals surface area (Å²) in [5, 5.41) is 10.9. The molecule has 0 bridgehead atoms. The van der Waals surface area contributed by atoms with Gasteiger partial charge in [-0.1, -0.05) is 56.2 Å². The zero-order valence-electron chi connectivity index (χ0n) is 18.1. The Hall–Kier alpha value is -1.27. The molecule has 0 spiro atoms. The van der Waals surface area contributed by atoms with Crippen molar-refractivity contribution >= 4 is 24.4 Å². The van der Waals surface area contributed by atoms with Gasteiger partial charge in [0.15, 0.2) is 5.78 Å². The number of benzene rings is 2. The number of carboxylic acids is 1. The Labute approximate surface area is 207 Å². The Morgan fingerprint density at radius 2 is 1.77 bits per heavy atom. The first kappa shape index (κ1) is 26.8. The van der Waals surface area contributed by atoms with E-state index in [1.165, 1.54) is 12.5 Å². The molecule has 0 aliphatic rings. The van der Waals surface area contributed by atoms with Crippen molar-refractivity contribution in [3.05, 3.63) is 64.7 Å². The fourth-order valence-corrected chi connectivity index (χ4v) is 3.93. The van der Waals surface area contributed by atoms with Crippen molar-refractivity contribution in [2.75, 3.05) is 6.61 Å². The van der Waals surface area contributed by atoms with Gasteiger partial charge in [0.05, 0.1) is 11.5 Å². The average Bonchev–Trinajstić information content (AvgIpc) is 2.70. The third kappa shape index (κ3) is 8.10. The minimum absolute atomic E-state index is 0. The molecule has 30 heavy (non-hydrogen) atoms. The van der Waals surface area contributed by atoms with Gasteiger partial charge in [-0.25, -0.2) is 0 Å². The van der Waals surface area contributed by atoms with Gasteiger partial charge in [0.25, 0.3) is 0 Å². The molecule has 0 saturated heterocycles. The maximum absolute atomic E-state index is 12.0. The molecule has 0 amide bonds. The summed E-state index contributed by atoms with van der Waals surface area (Å²) in [7, 11) is 0. The van der Waals surface area contributed by atoms with Gasteiger partial charge in [-0.3, -0.25) is 4.79 Å². The Kier molecular flexibility index (Phi) is 12.4. The molecular weight excluding hydrogens is 407 g/mol. The van der Waals surface area contributed by atoms with Crippen LogP contribution in [0, 0.1) is 0 Å². The van der Waals surface area contributed by atoms with E-state index in [-0.39, 0.29) is 40.6 Å². The monoisotopic (exact) mass is 436 g/mol. The van der Waals surface area contributed by atoms with E-state index in [1.54, 1.807) is 6.07 Å². The van der Waals surface area contributed by atoms with Gasteiger partial charge in [-0.05, 0) is 55.4 Å². The molecule has 1 unspecified atom stereocenters. The summed E-state index contributed by atoms with van der Waals surface area (Å²) in [4.78, 5) is 22.9. The Balaban J connectivity index is 0.00000450. The minimum Gasteiger partial charge on any atom is -0.546 e. The molecule has 0 radical (unpaired) electrons. The molecule has 2 rings (SSSR count). The standard InChI is InChI=1S/C24H30O4S.Na/c1-3-9-21-20(15-14-19(17(2)25)24(21)28-16-23(26)27)22(29)13-8-7-12-18-10-5-4-6-11-18;/h4-6,10-11,14-15,22,29H,3,7-9,12-13,16H2,1-2H3,(H,26,27);/q;+1/p-1. The van der Waals surface area contributed by atoms with E-state index >= 15 is 0 Å². The van der Waals surface area contributed by atoms with Crippen LogP contribution in [0.15, 0.2) is 42.5 Å². The van der Waals surface area contributed by atoms with E-state index in [9.17, 15) is 14.7 Å². The maximum atomic E-state index is 12.0. The van der Waals surface area contributed by atoms with Crippen molar-refractivity contribution in [1.29, 1.82) is 0 Å². The molecule has 0 N–H and O–H groups in total. The second-order valence-electron chi connectivity index (χ2n) is 7.22. The van der Waals surface area contributed by atoms with Crippen LogP contribution in [0.5, 0.6) is 5.75 Å². The Morgan fingerprint density at radius 3 is 2.37 bits per heavy atom. The normalized spacial score (nSPS) is 11.4. The summed E-state index contributed by atoms with van der Waals surface area (Å²) in [6, 6.07) is 14.1. The van der Waals surface area contributed by atoms with Crippen molar-refractivity contribution in [2.45, 2.75) is 57.6 Å². The molecule has 0 fully saturated rings. The molecule has 0 saturated carbocycles. The van der Waals surface area contributed by atoms with Crippen LogP contribution in [-0.2, 0) is 17.6 Å². The van der Waals surface area contributed by atoms with E-state index in [4.69, 9.17) is 17.4 Å². The van der Waals surface area contributed by atoms with Crippen molar-refractivity contribution < 1.29 is 49.0 Å². The average molecular weight is 437 g/mol. The number of carbonyl (C=O) groups is 2. The molecule has 1 atom stereocenters. The molecule has 2 aromatic carbocycles. The van der Waals surface area contributed by atoms with Crippen molar-refractivity contribution in [3.63, 3.8) is 0 Å². The predicted octanol–water partition coefficient (Wildman–Crippen LogP) is 1.36. The van der Waals surface area contributed by atoms with E-state index in [0.717, 1.165) is 43.2 Å². The number of ether oxygens (including phenoxy) is 1. The van der Waals surface area contributed by atoms with Gasteiger partial charge in [-0.2, -0.15) is 12.6 Å². The molecule has 6 heteroatoms. The van der Waals surface area contributed by atoms with Crippen LogP contribution in [0.4, 0.5) is 0 Å². The van der Waals surface area contributed by atoms with Crippen LogP contribution < -0.4 is 39.4 Å². The van der Waals surface area contributed by atoms with E-state index in [1.807, 2.05) is 19.1 Å². The second-order valence-corrected chi connectivity index (χ2v) is 7.85. The van der Waals surface area contributed by atoms with Crippen LogP contribution in [-0.4, -0.2) is 18.4 Å². The number of carbonyl (C=O) groups excluding carboxylic acids is 2. The van der Waals surface area contributed by atoms with Crippen LogP contribution in [0.3, 0.4) is 0 Å². The molecule has 156 valence electrons. The SMILES string of the molecule is CCCc1c(C(S)CCCCc2ccccc2)ccc(C(C)=O)c1OCC(=O)[O-].[Na+]. The molecule has 0 aliphatic heterocycles. The molecule has 0 aromatic heterocycles. The number of hydrogen-bond acceptors (Lipinski definition) is 5. The number of aryl methyl sites for hydroxylation is 1. The molecule has 2 aromatic rings. The third-order valence-corrected chi connectivity index (χ3v) is 5.44. The van der Waals surface area contributed by atoms with Gasteiger partial charge >= 0.3 is 29.6 Å². The van der Waals surface area contributed by atoms with Gasteiger partial charge in [0, 0.05) is 5.25 Å². The number of thiol groups is 1. The minimum atomic E-state index is -1.31. The van der Waals surface area contributed by atoms with Gasteiger partial charge < -0.3 is 14.6 Å². The molecule has 0 aliphatic carbocycles. The summed E-state index contributed by atoms with van der Waals surface area (Å²) < 4.78 is 5.50. The zero-order valence-corrected chi connectivity index (χ0v) is 21.0. The van der Waals surface area contributed by atoms with Crippen LogP contribution in [0.1, 0.15) is 71.8 Å². The number of aliphatic carboxylic acids is 1. The van der Waals surface area contributed by atoms with Crippen molar-refractivity contribution in [2.24, 2.45) is 0 Å². The number of Topliss-reactive ketones (excluding diaryl/α,β-unsaturated/α-hetero) is 1. The van der Waals surface area contributed by atoms with E-state index < -0.39 is 12.6 Å². The van der Waals surface area contributed by atoms with Crippen molar-refractivity contribution in [3.8, 4) is 5.75 Å². The van der Waals surface area contributed by atoms with Gasteiger partial charge in [0.1, 0.15) is 12.4 Å². The summed E-state index contributed by atoms with van der Waals surface area (Å²) in [6.07, 6.45) is 5.57. The fraction of sp³-hybridized carbons (Fsp3) is 0.417. The van der Waals surface area contributed by atoms with Crippen LogP contribution in [0.2, 0.25) is 0 Å². The van der Waals surface area contributed by atoms with Crippen LogP contribution >= 0.6 is 12.6 Å². The number of ketones is 1. The summed E-state index contributed by atoms with van der Waals surface area (Å²) in [5.41, 5.74) is 3.62. The fourth-order valence-electron chi connectivity index (χ4n) is 3.50. The largest absolute Gasteiger partial charge is 1.00 e. The number of hydrogen-bond donors (Lipinski definition) is 1. The second kappa shape index (κ2) is 13.9. The topological polar surface area (TPSA) is 66.4 Å². The van der Waals surface area contributed by atoms with E-state index in [0.29, 0.717) is 17.7 Å². The van der Waals surface area contributed by atoms with Crippen LogP contribution in [0.25, 0.3) is 0 Å². The zero-order chi connectivity index (χ0) is 21.2. The first-order valence-corrected chi connectivity index (χ1v) is 10.7. The third-order valence-electron chi connectivity index (χ3n) is 4.91. The van der Waals surface area contributed by atoms with Gasteiger partial charge in [-0.15, -0.1) is 0 Å². The quantitative estimate of drug-likeness (QED) is 0.236. The predicted molar refractivity (Wildman–Crippen MR) is 117 cm³/mol. The molecular formula is C24H29NaO4S. The van der Waals surface area contributed by atoms with Crippen molar-refractivity contribution in [1.82, 2.24) is 0 Å². The smallest absolute Gasteiger partial charge is 0.546 e. The number of unbranched alkanes of at least 4 members (excludes halogenated alkanes) is 1. The number of rotatable bonds is 12. The first-order chi connectivity index (χ1) is 13.9. The first-order valence-electron chi connectivity index (χ1n) is 10.1. The van der Waals surface area contributed by atoms with Gasteiger partial charge in [0.2, 0.25) is 0 Å². The summed E-state index contributed by atoms with van der Waals surface area (Å²) in [6.45, 7) is 2.92. The Bertz CT molecular complexity index is 823. The number of carboxylic acid groups (broad SMARTS) is 1. The summed E-state index contributed by atoms with van der Waals surface area (Å²) >= 11 is 4.82. The van der Waals surface area contributed by atoms with E-state index in [2.05, 4.69) is 24.3 Å².